The first-order chi connectivity index (χ1) is 18.8. The van der Waals surface area contributed by atoms with E-state index >= 15 is 0 Å². The van der Waals surface area contributed by atoms with Crippen LogP contribution in [-0.4, -0.2) is 115 Å². The molecule has 5 rings (SSSR count). The predicted octanol–water partition coefficient (Wildman–Crippen LogP) is -3.87. The monoisotopic (exact) mass is 519 g/mol. The van der Waals surface area contributed by atoms with Crippen molar-refractivity contribution in [2.75, 3.05) is 26.3 Å². The van der Waals surface area contributed by atoms with Gasteiger partial charge in [0.25, 0.3) is 5.91 Å². The minimum atomic E-state index is -2.05. The first-order valence-electron chi connectivity index (χ1n) is 12.7. The number of amides is 3. The largest absolute Gasteiger partial charge is 0.502 e. The highest BCUT2D eigenvalue weighted by atomic mass is 16.5. The number of morpholine rings is 1. The van der Waals surface area contributed by atoms with Gasteiger partial charge >= 0.3 is 0 Å². The van der Waals surface area contributed by atoms with E-state index in [1.54, 1.807) is 23.1 Å². The lowest BCUT2D eigenvalue weighted by atomic mass is 9.49. The summed E-state index contributed by atoms with van der Waals surface area (Å²) in [5, 5.41) is -1.32. The molecule has 8 nitrogen and oxygen atoms in total. The van der Waals surface area contributed by atoms with Crippen molar-refractivity contribution in [1.82, 2.24) is 15.1 Å². The van der Waals surface area contributed by atoms with Gasteiger partial charge in [-0.15, -0.1) is 5.46 Å². The van der Waals surface area contributed by atoms with Gasteiger partial charge in [0.2, 0.25) is 11.8 Å². The lowest BCUT2D eigenvalue weighted by Crippen LogP contribution is -2.58. The smallest absolute Gasteiger partial charge is 0.255 e. The molecule has 40 heavy (non-hydrogen) atoms. The van der Waals surface area contributed by atoms with Crippen molar-refractivity contribution in [2.24, 2.45) is 0 Å². The molecule has 3 amide bonds. The van der Waals surface area contributed by atoms with Gasteiger partial charge in [0.15, 0.2) is 0 Å². The van der Waals surface area contributed by atoms with Crippen LogP contribution in [0.1, 0.15) is 39.9 Å². The highest BCUT2D eigenvalue weighted by Crippen LogP contribution is 2.36. The lowest BCUT2D eigenvalue weighted by Gasteiger charge is -2.45. The number of carbonyl (C=O) groups excluding carboxylic acids is 3. The highest BCUT2D eigenvalue weighted by molar-refractivity contribution is 6.56. The van der Waals surface area contributed by atoms with Gasteiger partial charge in [0.1, 0.15) is 51.0 Å². The fourth-order valence-electron chi connectivity index (χ4n) is 5.49. The molecule has 1 N–H and O–H groups in total. The van der Waals surface area contributed by atoms with Gasteiger partial charge in [0, 0.05) is 36.0 Å². The first-order valence-corrected chi connectivity index (χ1v) is 12.7. The molecule has 0 aromatic heterocycles. The summed E-state index contributed by atoms with van der Waals surface area (Å²) in [7, 11) is 45.0. The standard InChI is InChI=1S/C25H20B7N3O5/c26-15-10-14(20(27)21(28)19(15)24(29,30)34-6-8-39-9-7-34)25(31,32)40-17-3-1-2-12-13(17)11-35(23(12)38)16-4-5-18(36)33-22(16)37/h1-3,10,16H,4-9,11H2,(H,33,36,37). The summed E-state index contributed by atoms with van der Waals surface area (Å²) < 4.78 is 11.4. The van der Waals surface area contributed by atoms with E-state index in [1.807, 2.05) is 0 Å². The quantitative estimate of drug-likeness (QED) is 0.312. The van der Waals surface area contributed by atoms with Crippen molar-refractivity contribution in [3.63, 3.8) is 0 Å². The molecule has 186 valence electrons. The summed E-state index contributed by atoms with van der Waals surface area (Å²) in [6, 6.07) is 5.42. The van der Waals surface area contributed by atoms with E-state index in [1.165, 1.54) is 11.0 Å². The number of rotatable bonds is 6. The van der Waals surface area contributed by atoms with E-state index in [0.29, 0.717) is 37.4 Å². The molecule has 2 fully saturated rings. The van der Waals surface area contributed by atoms with Crippen LogP contribution in [0.2, 0.25) is 0 Å². The van der Waals surface area contributed by atoms with Gasteiger partial charge in [0.05, 0.1) is 35.5 Å². The van der Waals surface area contributed by atoms with Crippen LogP contribution in [0.3, 0.4) is 0 Å². The first kappa shape index (κ1) is 28.7. The van der Waals surface area contributed by atoms with Gasteiger partial charge in [-0.1, -0.05) is 28.6 Å². The summed E-state index contributed by atoms with van der Waals surface area (Å²) in [4.78, 5) is 40.3. The maximum absolute atomic E-state index is 13.2. The van der Waals surface area contributed by atoms with Crippen LogP contribution in [0, 0.1) is 0 Å². The van der Waals surface area contributed by atoms with Crippen LogP contribution in [0.15, 0.2) is 24.3 Å². The molecule has 15 heteroatoms. The molecular weight excluding hydrogens is 498 g/mol. The zero-order valence-electron chi connectivity index (χ0n) is 21.8. The maximum atomic E-state index is 13.2. The number of nitrogens with one attached hydrogen (secondary N) is 1. The average molecular weight is 518 g/mol. The third-order valence-corrected chi connectivity index (χ3v) is 7.61. The van der Waals surface area contributed by atoms with Crippen LogP contribution < -0.4 is 26.4 Å². The third kappa shape index (κ3) is 4.96. The Balaban J connectivity index is 1.44. The molecular formula is C25H20B7N3O5. The molecule has 3 heterocycles. The van der Waals surface area contributed by atoms with E-state index < -0.39 is 22.7 Å². The Morgan fingerprint density at radius 1 is 1.00 bits per heavy atom. The fraction of sp³-hybridized carbons (Fsp3) is 0.400. The SMILES string of the molecule is [B]c1cc(C([B])([B])Oc2cccc3c2CN(C2CCC(=O)NC2=O)C3=O)c([B])c([B])c1C([B])([B])N1CCOCC1. The summed E-state index contributed by atoms with van der Waals surface area (Å²) in [6.07, 6.45) is 0.346. The van der Waals surface area contributed by atoms with Crippen LogP contribution in [0.4, 0.5) is 0 Å². The average Bonchev–Trinajstić information content (AvgIpc) is 3.23. The van der Waals surface area contributed by atoms with Crippen molar-refractivity contribution in [2.45, 2.75) is 36.2 Å². The molecule has 3 aliphatic rings. The van der Waals surface area contributed by atoms with Crippen molar-refractivity contribution in [1.29, 1.82) is 0 Å². The third-order valence-electron chi connectivity index (χ3n) is 7.61. The second-order valence-electron chi connectivity index (χ2n) is 10.2. The molecule has 0 aliphatic carbocycles. The number of imide groups is 1. The molecule has 2 saturated heterocycles. The van der Waals surface area contributed by atoms with Gasteiger partial charge in [-0.3, -0.25) is 19.7 Å². The van der Waals surface area contributed by atoms with Gasteiger partial charge < -0.3 is 19.3 Å². The number of piperidine rings is 1. The number of nitrogens with zero attached hydrogens (tertiary/aromatic N) is 2. The molecule has 2 aromatic rings. The zero-order valence-corrected chi connectivity index (χ0v) is 21.8. The number of benzene rings is 2. The Labute approximate surface area is 242 Å². The molecule has 3 aliphatic heterocycles. The van der Waals surface area contributed by atoms with E-state index in [2.05, 4.69) is 5.32 Å². The molecule has 0 bridgehead atoms. The number of carbonyl (C=O) groups is 3. The van der Waals surface area contributed by atoms with E-state index in [0.717, 1.165) is 0 Å². The van der Waals surface area contributed by atoms with E-state index in [9.17, 15) is 14.4 Å². The second-order valence-corrected chi connectivity index (χ2v) is 10.2. The van der Waals surface area contributed by atoms with Crippen LogP contribution in [0.5, 0.6) is 5.75 Å². The Kier molecular flexibility index (Phi) is 7.59. The van der Waals surface area contributed by atoms with E-state index in [4.69, 9.17) is 64.4 Å². The molecule has 0 saturated carbocycles. The summed E-state index contributed by atoms with van der Waals surface area (Å²) in [5.41, 5.74) is 1.19. The van der Waals surface area contributed by atoms with Crippen molar-refractivity contribution >= 4 is 89.0 Å². The van der Waals surface area contributed by atoms with Crippen molar-refractivity contribution in [3.8, 4) is 5.75 Å². The maximum Gasteiger partial charge on any atom is 0.255 e. The molecule has 1 unspecified atom stereocenters. The number of hydrogen-bond donors (Lipinski definition) is 1. The molecule has 0 spiro atoms. The minimum Gasteiger partial charge on any atom is -0.502 e. The second kappa shape index (κ2) is 10.6. The Bertz CT molecular complexity index is 1400. The Morgan fingerprint density at radius 2 is 1.70 bits per heavy atom. The van der Waals surface area contributed by atoms with Crippen molar-refractivity contribution < 1.29 is 23.9 Å². The molecule has 1 atom stereocenters. The van der Waals surface area contributed by atoms with Crippen LogP contribution in [0.25, 0.3) is 0 Å². The normalized spacial score (nSPS) is 20.4. The Morgan fingerprint density at radius 3 is 2.38 bits per heavy atom. The number of ether oxygens (including phenoxy) is 2. The lowest BCUT2D eigenvalue weighted by molar-refractivity contribution is -0.136. The van der Waals surface area contributed by atoms with Gasteiger partial charge in [-0.25, -0.2) is 0 Å². The Hall–Kier alpha value is -2.78. The molecule has 14 radical (unpaired) electrons. The van der Waals surface area contributed by atoms with E-state index in [-0.39, 0.29) is 64.5 Å². The number of fused-ring (bicyclic) bond motifs is 1. The fourth-order valence-corrected chi connectivity index (χ4v) is 5.49. The topological polar surface area (TPSA) is 88.2 Å². The molecule has 2 aromatic carbocycles. The van der Waals surface area contributed by atoms with Crippen LogP contribution >= 0.6 is 0 Å². The minimum absolute atomic E-state index is 0.00729. The van der Waals surface area contributed by atoms with Crippen LogP contribution in [-0.2, 0) is 31.6 Å². The predicted molar refractivity (Wildman–Crippen MR) is 154 cm³/mol. The van der Waals surface area contributed by atoms with Gasteiger partial charge in [-0.05, 0) is 29.5 Å². The van der Waals surface area contributed by atoms with Gasteiger partial charge in [-0.2, -0.15) is 0 Å². The van der Waals surface area contributed by atoms with Crippen molar-refractivity contribution in [3.05, 3.63) is 46.5 Å². The summed E-state index contributed by atoms with van der Waals surface area (Å²) in [6.45, 7) is 1.85. The highest BCUT2D eigenvalue weighted by Gasteiger charge is 2.41. The summed E-state index contributed by atoms with van der Waals surface area (Å²) in [5.74, 6) is -1.08. The summed E-state index contributed by atoms with van der Waals surface area (Å²) >= 11 is 0. The zero-order chi connectivity index (χ0) is 29.0. The number of hydrogen-bond acceptors (Lipinski definition) is 6.